The van der Waals surface area contributed by atoms with E-state index in [1.807, 2.05) is 25.4 Å². The number of hydrogen-bond donors (Lipinski definition) is 0. The standard InChI is InChI=1S/C14H17N5/c1-11-16-6-5-14(18-11)19-9-3-2-4-13(19)12-10-15-7-8-17-12/h5-8,10,13H,2-4,9H2,1H3/t13-/m1/s1. The second kappa shape index (κ2) is 5.30. The van der Waals surface area contributed by atoms with Gasteiger partial charge >= 0.3 is 0 Å². The molecule has 0 N–H and O–H groups in total. The lowest BCUT2D eigenvalue weighted by Crippen LogP contribution is -2.34. The van der Waals surface area contributed by atoms with Crippen LogP contribution in [0.5, 0.6) is 0 Å². The predicted molar refractivity (Wildman–Crippen MR) is 72.7 cm³/mol. The average molecular weight is 255 g/mol. The lowest BCUT2D eigenvalue weighted by Gasteiger charge is -2.36. The Labute approximate surface area is 112 Å². The van der Waals surface area contributed by atoms with E-state index in [1.54, 1.807) is 12.4 Å². The largest absolute Gasteiger partial charge is 0.348 e. The van der Waals surface area contributed by atoms with Crippen LogP contribution in [0.3, 0.4) is 0 Å². The van der Waals surface area contributed by atoms with Gasteiger partial charge in [-0.15, -0.1) is 0 Å². The van der Waals surface area contributed by atoms with Crippen LogP contribution in [0.1, 0.15) is 36.8 Å². The van der Waals surface area contributed by atoms with Gasteiger partial charge in [0.15, 0.2) is 0 Å². The Bertz CT molecular complexity index is 543. The van der Waals surface area contributed by atoms with Crippen molar-refractivity contribution in [3.8, 4) is 0 Å². The van der Waals surface area contributed by atoms with Crippen LogP contribution in [0.2, 0.25) is 0 Å². The molecule has 2 aromatic heterocycles. The molecule has 1 aliphatic rings. The van der Waals surface area contributed by atoms with Gasteiger partial charge in [0.05, 0.1) is 17.9 Å². The van der Waals surface area contributed by atoms with Crippen LogP contribution in [0, 0.1) is 6.92 Å². The van der Waals surface area contributed by atoms with E-state index in [0.29, 0.717) is 0 Å². The van der Waals surface area contributed by atoms with Gasteiger partial charge in [0, 0.05) is 25.1 Å². The Kier molecular flexibility index (Phi) is 3.35. The number of hydrogen-bond acceptors (Lipinski definition) is 5. The van der Waals surface area contributed by atoms with Crippen LogP contribution in [0.25, 0.3) is 0 Å². The van der Waals surface area contributed by atoms with Crippen LogP contribution in [-0.4, -0.2) is 26.5 Å². The Balaban J connectivity index is 1.93. The normalized spacial score (nSPS) is 19.4. The Morgan fingerprint density at radius 1 is 1.16 bits per heavy atom. The monoisotopic (exact) mass is 255 g/mol. The van der Waals surface area contributed by atoms with Crippen LogP contribution >= 0.6 is 0 Å². The van der Waals surface area contributed by atoms with Crippen molar-refractivity contribution in [1.82, 2.24) is 19.9 Å². The molecular formula is C14H17N5. The van der Waals surface area contributed by atoms with Gasteiger partial charge in [0.2, 0.25) is 0 Å². The fourth-order valence-corrected chi connectivity index (χ4v) is 2.60. The molecule has 3 rings (SSSR count). The first-order valence-electron chi connectivity index (χ1n) is 6.67. The number of rotatable bonds is 2. The summed E-state index contributed by atoms with van der Waals surface area (Å²) in [6.07, 6.45) is 10.7. The second-order valence-electron chi connectivity index (χ2n) is 4.80. The van der Waals surface area contributed by atoms with Crippen molar-refractivity contribution in [3.05, 3.63) is 42.4 Å². The van der Waals surface area contributed by atoms with E-state index in [0.717, 1.165) is 30.3 Å². The highest BCUT2D eigenvalue weighted by Crippen LogP contribution is 2.32. The zero-order valence-electron chi connectivity index (χ0n) is 11.0. The number of aromatic nitrogens is 4. The number of piperidine rings is 1. The third-order valence-electron chi connectivity index (χ3n) is 3.48. The van der Waals surface area contributed by atoms with Crippen LogP contribution in [-0.2, 0) is 0 Å². The fourth-order valence-electron chi connectivity index (χ4n) is 2.60. The maximum atomic E-state index is 4.54. The summed E-state index contributed by atoms with van der Waals surface area (Å²) in [4.78, 5) is 19.7. The van der Waals surface area contributed by atoms with Gasteiger partial charge in [-0.1, -0.05) is 0 Å². The van der Waals surface area contributed by atoms with Gasteiger partial charge in [0.1, 0.15) is 11.6 Å². The summed E-state index contributed by atoms with van der Waals surface area (Å²) in [5.41, 5.74) is 1.03. The molecule has 1 fully saturated rings. The summed E-state index contributed by atoms with van der Waals surface area (Å²) in [6, 6.07) is 2.25. The molecule has 98 valence electrons. The summed E-state index contributed by atoms with van der Waals surface area (Å²) in [7, 11) is 0. The Morgan fingerprint density at radius 3 is 2.89 bits per heavy atom. The van der Waals surface area contributed by atoms with Crippen molar-refractivity contribution in [3.63, 3.8) is 0 Å². The molecule has 0 amide bonds. The molecule has 0 unspecified atom stereocenters. The zero-order chi connectivity index (χ0) is 13.1. The first-order chi connectivity index (χ1) is 9.34. The van der Waals surface area contributed by atoms with Gasteiger partial charge in [-0.05, 0) is 32.3 Å². The SMILES string of the molecule is Cc1nccc(N2CCCC[C@@H]2c2cnccn2)n1. The minimum atomic E-state index is 0.275. The second-order valence-corrected chi connectivity index (χ2v) is 4.80. The van der Waals surface area contributed by atoms with Crippen LogP contribution < -0.4 is 4.90 Å². The summed E-state index contributed by atoms with van der Waals surface area (Å²) in [5, 5.41) is 0. The minimum Gasteiger partial charge on any atom is -0.348 e. The van der Waals surface area contributed by atoms with Crippen molar-refractivity contribution >= 4 is 5.82 Å². The van der Waals surface area contributed by atoms with Gasteiger partial charge in [-0.25, -0.2) is 9.97 Å². The van der Waals surface area contributed by atoms with E-state index in [9.17, 15) is 0 Å². The molecule has 1 saturated heterocycles. The van der Waals surface area contributed by atoms with Crippen molar-refractivity contribution < 1.29 is 0 Å². The third-order valence-corrected chi connectivity index (χ3v) is 3.48. The van der Waals surface area contributed by atoms with Crippen molar-refractivity contribution in [1.29, 1.82) is 0 Å². The van der Waals surface area contributed by atoms with Gasteiger partial charge in [-0.3, -0.25) is 9.97 Å². The molecule has 0 saturated carbocycles. The molecule has 0 aliphatic carbocycles. The van der Waals surface area contributed by atoms with E-state index in [1.165, 1.54) is 12.8 Å². The smallest absolute Gasteiger partial charge is 0.132 e. The van der Waals surface area contributed by atoms with Crippen LogP contribution in [0.4, 0.5) is 5.82 Å². The first kappa shape index (κ1) is 12.0. The summed E-state index contributed by atoms with van der Waals surface area (Å²) < 4.78 is 0. The number of nitrogens with zero attached hydrogens (tertiary/aromatic N) is 5. The fraction of sp³-hybridized carbons (Fsp3) is 0.429. The van der Waals surface area contributed by atoms with Crippen molar-refractivity contribution in [2.45, 2.75) is 32.2 Å². The molecule has 5 heteroatoms. The molecule has 1 aliphatic heterocycles. The minimum absolute atomic E-state index is 0.275. The predicted octanol–water partition coefficient (Wildman–Crippen LogP) is 2.31. The van der Waals surface area contributed by atoms with E-state index in [2.05, 4.69) is 24.8 Å². The maximum absolute atomic E-state index is 4.54. The van der Waals surface area contributed by atoms with E-state index in [-0.39, 0.29) is 6.04 Å². The molecule has 0 spiro atoms. The molecule has 0 radical (unpaired) electrons. The zero-order valence-corrected chi connectivity index (χ0v) is 11.0. The molecule has 5 nitrogen and oxygen atoms in total. The highest BCUT2D eigenvalue weighted by molar-refractivity contribution is 5.41. The van der Waals surface area contributed by atoms with Gasteiger partial charge in [0.25, 0.3) is 0 Å². The summed E-state index contributed by atoms with van der Waals surface area (Å²) in [5.74, 6) is 1.80. The molecule has 1 atom stereocenters. The molecule has 19 heavy (non-hydrogen) atoms. The molecule has 3 heterocycles. The molecule has 2 aromatic rings. The lowest BCUT2D eigenvalue weighted by molar-refractivity contribution is 0.460. The van der Waals surface area contributed by atoms with Gasteiger partial charge < -0.3 is 4.90 Å². The quantitative estimate of drug-likeness (QED) is 0.824. The molecule has 0 aromatic carbocycles. The summed E-state index contributed by atoms with van der Waals surface area (Å²) >= 11 is 0. The van der Waals surface area contributed by atoms with Crippen LogP contribution in [0.15, 0.2) is 30.9 Å². The maximum Gasteiger partial charge on any atom is 0.132 e. The highest BCUT2D eigenvalue weighted by atomic mass is 15.2. The Morgan fingerprint density at radius 2 is 2.11 bits per heavy atom. The topological polar surface area (TPSA) is 54.8 Å². The average Bonchev–Trinajstić information content (AvgIpc) is 2.48. The highest BCUT2D eigenvalue weighted by Gasteiger charge is 2.26. The molecule has 0 bridgehead atoms. The first-order valence-corrected chi connectivity index (χ1v) is 6.67. The number of aryl methyl sites for hydroxylation is 1. The van der Waals surface area contributed by atoms with Crippen molar-refractivity contribution in [2.75, 3.05) is 11.4 Å². The third kappa shape index (κ3) is 2.54. The number of anilines is 1. The Hall–Kier alpha value is -2.04. The van der Waals surface area contributed by atoms with E-state index >= 15 is 0 Å². The lowest BCUT2D eigenvalue weighted by atomic mass is 9.99. The van der Waals surface area contributed by atoms with E-state index < -0.39 is 0 Å². The van der Waals surface area contributed by atoms with Gasteiger partial charge in [-0.2, -0.15) is 0 Å². The summed E-state index contributed by atoms with van der Waals surface area (Å²) in [6.45, 7) is 2.93. The molecular weight excluding hydrogens is 238 g/mol. The van der Waals surface area contributed by atoms with Crippen molar-refractivity contribution in [2.24, 2.45) is 0 Å². The van der Waals surface area contributed by atoms with E-state index in [4.69, 9.17) is 0 Å².